The van der Waals surface area contributed by atoms with Crippen LogP contribution in [0.25, 0.3) is 0 Å². The van der Waals surface area contributed by atoms with Crippen LogP contribution in [-0.2, 0) is 54.4 Å². The summed E-state index contributed by atoms with van der Waals surface area (Å²) in [6.45, 7) is 5.04. The molecule has 0 aromatic heterocycles. The molecule has 28 heteroatoms. The number of rotatable bonds is 36. The summed E-state index contributed by atoms with van der Waals surface area (Å²) in [6, 6.07) is -1.67. The van der Waals surface area contributed by atoms with Crippen molar-refractivity contribution in [3.63, 3.8) is 0 Å². The Labute approximate surface area is 448 Å². The highest BCUT2D eigenvalue weighted by Crippen LogP contribution is 2.18. The van der Waals surface area contributed by atoms with E-state index in [1.165, 1.54) is 11.8 Å². The highest BCUT2D eigenvalue weighted by Gasteiger charge is 2.38. The number of unbranched alkanes of at least 4 members (excludes halogenated alkanes) is 1. The summed E-state index contributed by atoms with van der Waals surface area (Å²) < 4.78 is 0. The third-order valence-corrected chi connectivity index (χ3v) is 12.3. The van der Waals surface area contributed by atoms with E-state index in [-0.39, 0.29) is 95.4 Å². The van der Waals surface area contributed by atoms with Gasteiger partial charge in [-0.2, -0.15) is 0 Å². The molecule has 0 unspecified atom stereocenters. The van der Waals surface area contributed by atoms with Crippen LogP contribution in [-0.4, -0.2) is 169 Å². The van der Waals surface area contributed by atoms with Gasteiger partial charge in [-0.1, -0.05) is 44.2 Å². The van der Waals surface area contributed by atoms with Crippen molar-refractivity contribution in [1.82, 2.24) is 42.1 Å². The van der Waals surface area contributed by atoms with Gasteiger partial charge in [-0.05, 0) is 102 Å². The molecule has 430 valence electrons. The van der Waals surface area contributed by atoms with Crippen molar-refractivity contribution in [2.24, 2.45) is 56.0 Å². The molecule has 22 N–H and O–H groups in total. The van der Waals surface area contributed by atoms with Gasteiger partial charge in [-0.3, -0.25) is 53.1 Å². The summed E-state index contributed by atoms with van der Waals surface area (Å²) in [5.74, 6) is -7.96. The molecule has 9 atom stereocenters. The molecule has 2 rings (SSSR count). The third kappa shape index (κ3) is 24.8. The number of aliphatic imine (C=N–C) groups is 2. The number of nitrogens with two attached hydrogens (primary N) is 7. The Balaban J connectivity index is 2.47. The Hall–Kier alpha value is -7.46. The van der Waals surface area contributed by atoms with Gasteiger partial charge in [-0.15, -0.1) is 0 Å². The van der Waals surface area contributed by atoms with Crippen LogP contribution in [0.1, 0.15) is 103 Å². The number of primary amides is 1. The van der Waals surface area contributed by atoms with Crippen LogP contribution in [0.2, 0.25) is 0 Å². The van der Waals surface area contributed by atoms with Gasteiger partial charge < -0.3 is 92.2 Å². The SMILES string of the molecule is CC(C)C[C@H](NC(=O)[C@H](CCC(N)=O)NC(=O)[C@H](CCCN=C(N)N)NC(=O)[C@H](CCCN=C(N)N)NC(=O)[C@H](CCCCN)NC(=O)[C@@H]1CCCN1C(=O)CN)C(=O)N[C@H](C(=O)N[C@H](C=O)Cc1ccccc1)[C@@H](C)O. The summed E-state index contributed by atoms with van der Waals surface area (Å²) in [5, 5.41) is 28.8. The minimum Gasteiger partial charge on any atom is -0.391 e. The lowest BCUT2D eigenvalue weighted by Gasteiger charge is -2.29. The number of hydrogen-bond donors (Lipinski definition) is 15. The van der Waals surface area contributed by atoms with Crippen LogP contribution >= 0.6 is 0 Å². The van der Waals surface area contributed by atoms with Gasteiger partial charge in [0.05, 0.1) is 18.7 Å². The number of aliphatic hydroxyl groups is 1. The Morgan fingerprint density at radius 3 is 1.61 bits per heavy atom. The molecular formula is C49H83N17O11. The van der Waals surface area contributed by atoms with Gasteiger partial charge in [0, 0.05) is 26.1 Å². The minimum absolute atomic E-state index is 0.00791. The molecule has 0 saturated carbocycles. The number of carbonyl (C=O) groups excluding carboxylic acids is 10. The van der Waals surface area contributed by atoms with Crippen LogP contribution in [0, 0.1) is 5.92 Å². The monoisotopic (exact) mass is 1090 g/mol. The quantitative estimate of drug-likeness (QED) is 0.0129. The van der Waals surface area contributed by atoms with Crippen molar-refractivity contribution in [3.8, 4) is 0 Å². The van der Waals surface area contributed by atoms with E-state index in [1.54, 1.807) is 44.2 Å². The van der Waals surface area contributed by atoms with Crippen LogP contribution in [0.4, 0.5) is 0 Å². The Morgan fingerprint density at radius 2 is 1.14 bits per heavy atom. The van der Waals surface area contributed by atoms with Crippen LogP contribution < -0.4 is 77.4 Å². The molecule has 0 spiro atoms. The van der Waals surface area contributed by atoms with Crippen LogP contribution in [0.15, 0.2) is 40.3 Å². The molecule has 1 aromatic carbocycles. The lowest BCUT2D eigenvalue weighted by Crippen LogP contribution is -2.61. The molecule has 1 aromatic rings. The fourth-order valence-corrected chi connectivity index (χ4v) is 8.31. The third-order valence-electron chi connectivity index (χ3n) is 12.3. The second kappa shape index (κ2) is 35.0. The van der Waals surface area contributed by atoms with E-state index < -0.39 is 114 Å². The number of amides is 9. The number of aldehydes is 1. The molecular weight excluding hydrogens is 1000 g/mol. The van der Waals surface area contributed by atoms with Crippen molar-refractivity contribution < 1.29 is 53.1 Å². The maximum Gasteiger partial charge on any atom is 0.245 e. The topological polar surface area (TPSA) is 485 Å². The van der Waals surface area contributed by atoms with Crippen molar-refractivity contribution in [2.75, 3.05) is 32.7 Å². The van der Waals surface area contributed by atoms with Gasteiger partial charge in [0.2, 0.25) is 53.2 Å². The molecule has 1 saturated heterocycles. The zero-order chi connectivity index (χ0) is 57.6. The maximum absolute atomic E-state index is 14.4. The zero-order valence-corrected chi connectivity index (χ0v) is 44.4. The van der Waals surface area contributed by atoms with E-state index in [0.29, 0.717) is 38.5 Å². The van der Waals surface area contributed by atoms with Crippen LogP contribution in [0.3, 0.4) is 0 Å². The van der Waals surface area contributed by atoms with Crippen molar-refractivity contribution in [1.29, 1.82) is 0 Å². The Kier molecular flexibility index (Phi) is 29.8. The first-order valence-electron chi connectivity index (χ1n) is 25.9. The van der Waals surface area contributed by atoms with Crippen molar-refractivity contribution >= 4 is 71.4 Å². The number of nitrogens with one attached hydrogen (secondary N) is 7. The Bertz CT molecular complexity index is 2170. The van der Waals surface area contributed by atoms with Gasteiger partial charge in [0.15, 0.2) is 11.9 Å². The van der Waals surface area contributed by atoms with Gasteiger partial charge in [0.1, 0.15) is 48.6 Å². The number of likely N-dealkylation sites (tertiary alicyclic amines) is 1. The molecule has 0 aliphatic carbocycles. The zero-order valence-electron chi connectivity index (χ0n) is 44.4. The predicted molar refractivity (Wildman–Crippen MR) is 286 cm³/mol. The van der Waals surface area contributed by atoms with E-state index >= 15 is 0 Å². The number of hydrogen-bond acceptors (Lipinski definition) is 15. The second-order valence-corrected chi connectivity index (χ2v) is 19.2. The van der Waals surface area contributed by atoms with E-state index in [1.807, 2.05) is 0 Å². The van der Waals surface area contributed by atoms with E-state index in [9.17, 15) is 53.1 Å². The number of guanidine groups is 2. The van der Waals surface area contributed by atoms with E-state index in [2.05, 4.69) is 47.2 Å². The molecule has 0 radical (unpaired) electrons. The highest BCUT2D eigenvalue weighted by atomic mass is 16.3. The molecule has 1 aliphatic heterocycles. The fraction of sp³-hybridized carbons (Fsp3) is 0.633. The Morgan fingerprint density at radius 1 is 0.649 bits per heavy atom. The molecule has 1 heterocycles. The lowest BCUT2D eigenvalue weighted by molar-refractivity contribution is -0.139. The van der Waals surface area contributed by atoms with E-state index in [4.69, 9.17) is 40.1 Å². The lowest BCUT2D eigenvalue weighted by atomic mass is 10.0. The summed E-state index contributed by atoms with van der Waals surface area (Å²) in [7, 11) is 0. The molecule has 77 heavy (non-hydrogen) atoms. The summed E-state index contributed by atoms with van der Waals surface area (Å²) in [4.78, 5) is 144. The number of benzene rings is 1. The molecule has 9 amide bonds. The largest absolute Gasteiger partial charge is 0.391 e. The normalized spacial score (nSPS) is 16.1. The van der Waals surface area contributed by atoms with Crippen molar-refractivity contribution in [2.45, 2.75) is 159 Å². The van der Waals surface area contributed by atoms with Gasteiger partial charge in [-0.25, -0.2) is 0 Å². The number of aliphatic hydroxyl groups excluding tert-OH is 1. The number of nitrogens with zero attached hydrogens (tertiary/aromatic N) is 3. The fourth-order valence-electron chi connectivity index (χ4n) is 8.31. The standard InChI is InChI=1S/C49H83N17O11/c1-28(2)24-36(45(75)65-40(29(3)68)47(77)59-31(27-67)25-30-12-5-4-6-13-30)64-44(74)35(18-19-38(52)69)62-43(73)34(16-10-22-58-49(55)56)61-42(72)33(15-9-21-57-48(53)54)60-41(71)32(14-7-8-20-50)63-46(76)37-17-11-23-66(37)39(70)26-51/h4-6,12-13,27-29,31-37,40,68H,7-11,14-26,50-51H2,1-3H3,(H2,52,69)(H,59,77)(H,60,71)(H,61,72)(H,62,73)(H,63,76)(H,64,74)(H,65,75)(H4,53,54,57)(H4,55,56,58)/t29-,31+,32+,33+,34+,35+,36+,37+,40+/m1/s1. The summed E-state index contributed by atoms with van der Waals surface area (Å²) in [5.41, 5.74) is 39.6. The first kappa shape index (κ1) is 65.7. The molecule has 0 bridgehead atoms. The second-order valence-electron chi connectivity index (χ2n) is 19.2. The smallest absolute Gasteiger partial charge is 0.245 e. The van der Waals surface area contributed by atoms with Gasteiger partial charge in [0.25, 0.3) is 0 Å². The first-order chi connectivity index (χ1) is 36.5. The first-order valence-corrected chi connectivity index (χ1v) is 25.9. The molecule has 28 nitrogen and oxygen atoms in total. The minimum atomic E-state index is -1.58. The predicted octanol–water partition coefficient (Wildman–Crippen LogP) is -5.30. The van der Waals surface area contributed by atoms with Gasteiger partial charge >= 0.3 is 0 Å². The summed E-state index contributed by atoms with van der Waals surface area (Å²) >= 11 is 0. The van der Waals surface area contributed by atoms with Crippen molar-refractivity contribution in [3.05, 3.63) is 35.9 Å². The maximum atomic E-state index is 14.4. The summed E-state index contributed by atoms with van der Waals surface area (Å²) in [6.07, 6.45) is 0.187. The number of carbonyl (C=O) groups is 10. The van der Waals surface area contributed by atoms with E-state index in [0.717, 1.165) is 5.56 Å². The highest BCUT2D eigenvalue weighted by molar-refractivity contribution is 5.98. The molecule has 1 aliphatic rings. The van der Waals surface area contributed by atoms with Crippen LogP contribution in [0.5, 0.6) is 0 Å². The molecule has 1 fully saturated rings. The average Bonchev–Trinajstić information content (AvgIpc) is 3.88. The average molecular weight is 1090 g/mol.